The third-order valence-electron chi connectivity index (χ3n) is 8.30. The molecule has 11 heteroatoms. The molecule has 0 spiro atoms. The smallest absolute Gasteiger partial charge is 0.341 e. The van der Waals surface area contributed by atoms with Gasteiger partial charge in [0.15, 0.2) is 12.4 Å². The normalized spacial score (nSPS) is 16.6. The van der Waals surface area contributed by atoms with Gasteiger partial charge in [0.1, 0.15) is 18.1 Å². The molecular weight excluding hydrogens is 565 g/mol. The minimum atomic E-state index is -1.07. The number of Topliss-reactive ketones (excluding diaryl/α,β-unsaturated/α-hetero) is 1. The molecule has 2 aromatic rings. The number of ether oxygens (including phenoxy) is 1. The topological polar surface area (TPSA) is 135 Å². The lowest BCUT2D eigenvalue weighted by molar-refractivity contribution is -0.139. The molecule has 0 radical (unpaired) electrons. The van der Waals surface area contributed by atoms with E-state index in [0.717, 1.165) is 38.0 Å². The third kappa shape index (κ3) is 8.08. The van der Waals surface area contributed by atoms with E-state index in [9.17, 15) is 24.0 Å². The summed E-state index contributed by atoms with van der Waals surface area (Å²) in [5.74, 6) is -1.42. The molecule has 10 nitrogen and oxygen atoms in total. The zero-order valence-corrected chi connectivity index (χ0v) is 25.3. The summed E-state index contributed by atoms with van der Waals surface area (Å²) < 4.78 is 20.1. The molecule has 2 aliphatic heterocycles. The van der Waals surface area contributed by atoms with Crippen molar-refractivity contribution < 1.29 is 28.6 Å². The number of aliphatic carboxylic acids is 1. The first-order valence-electron chi connectivity index (χ1n) is 14.7. The molecule has 1 amide bonds. The molecule has 4 rings (SSSR count). The molecule has 1 atom stereocenters. The molecule has 0 aromatic heterocycles. The van der Waals surface area contributed by atoms with Crippen LogP contribution in [0.1, 0.15) is 51.2 Å². The van der Waals surface area contributed by atoms with Gasteiger partial charge in [-0.1, -0.05) is 0 Å². The summed E-state index contributed by atoms with van der Waals surface area (Å²) in [7, 11) is 0. The highest BCUT2D eigenvalue weighted by Crippen LogP contribution is 2.29. The van der Waals surface area contributed by atoms with Crippen LogP contribution in [0.3, 0.4) is 0 Å². The van der Waals surface area contributed by atoms with Crippen LogP contribution in [-0.4, -0.2) is 78.2 Å². The standard InChI is InChI=1S/C33H38FN5O5/c1-21(10-13-36-33(43)32-22(2)30(40)18-37-23(32)3)38-14-11-27(12-15-38)39(19-25-16-24(17-35)4-9-29(25)34)26-5-7-28(8-6-26)44-20-31(41)42/h4-9,16,21,27H,10-15,18-20H2,1-3H3,(H,36,43)(H,41,42)/t21-/m1/s1. The van der Waals surface area contributed by atoms with E-state index in [1.165, 1.54) is 12.1 Å². The highest BCUT2D eigenvalue weighted by molar-refractivity contribution is 6.27. The van der Waals surface area contributed by atoms with E-state index in [0.29, 0.717) is 40.3 Å². The number of hydrogen-bond donors (Lipinski definition) is 2. The summed E-state index contributed by atoms with van der Waals surface area (Å²) in [5, 5.41) is 21.2. The largest absolute Gasteiger partial charge is 0.482 e. The van der Waals surface area contributed by atoms with E-state index >= 15 is 0 Å². The number of nitrogens with one attached hydrogen (secondary N) is 1. The fourth-order valence-corrected chi connectivity index (χ4v) is 5.70. The van der Waals surface area contributed by atoms with Gasteiger partial charge in [0.25, 0.3) is 5.91 Å². The van der Waals surface area contributed by atoms with Crippen molar-refractivity contribution in [3.63, 3.8) is 0 Å². The molecular formula is C33H38FN5O5. The van der Waals surface area contributed by atoms with Crippen molar-refractivity contribution in [1.82, 2.24) is 10.2 Å². The number of ketones is 1. The van der Waals surface area contributed by atoms with Gasteiger partial charge < -0.3 is 25.0 Å². The fraction of sp³-hybridized carbons (Fsp3) is 0.424. The molecule has 2 heterocycles. The summed E-state index contributed by atoms with van der Waals surface area (Å²) in [6, 6.07) is 13.8. The second-order valence-corrected chi connectivity index (χ2v) is 11.2. The van der Waals surface area contributed by atoms with Crippen molar-refractivity contribution in [1.29, 1.82) is 5.26 Å². The summed E-state index contributed by atoms with van der Waals surface area (Å²) in [4.78, 5) is 44.3. The van der Waals surface area contributed by atoms with Crippen LogP contribution in [0, 0.1) is 17.1 Å². The molecule has 1 saturated heterocycles. The molecule has 2 aromatic carbocycles. The quantitative estimate of drug-likeness (QED) is 0.373. The van der Waals surface area contributed by atoms with Gasteiger partial charge in [-0.15, -0.1) is 0 Å². The van der Waals surface area contributed by atoms with Crippen LogP contribution in [0.4, 0.5) is 10.1 Å². The molecule has 0 aliphatic carbocycles. The van der Waals surface area contributed by atoms with E-state index in [4.69, 9.17) is 9.84 Å². The highest BCUT2D eigenvalue weighted by Gasteiger charge is 2.29. The number of carboxylic acids is 1. The summed E-state index contributed by atoms with van der Waals surface area (Å²) in [6.07, 6.45) is 2.37. The number of hydrogen-bond acceptors (Lipinski definition) is 8. The Labute approximate surface area is 256 Å². The maximum Gasteiger partial charge on any atom is 0.341 e. The first-order chi connectivity index (χ1) is 21.1. The average molecular weight is 604 g/mol. The van der Waals surface area contributed by atoms with E-state index in [-0.39, 0.29) is 42.7 Å². The Morgan fingerprint density at radius 1 is 1.20 bits per heavy atom. The Kier molecular flexibility index (Phi) is 10.8. The van der Waals surface area contributed by atoms with Gasteiger partial charge in [-0.2, -0.15) is 5.26 Å². The first-order valence-corrected chi connectivity index (χ1v) is 14.7. The van der Waals surface area contributed by atoms with Crippen LogP contribution in [0.25, 0.3) is 0 Å². The SMILES string of the molecule is CC1=NCC(=O)C(C)=C1C(=O)NCC[C@@H](C)N1CCC(N(Cc2cc(C#N)ccc2F)c2ccc(OCC(=O)O)cc2)CC1. The molecule has 2 aliphatic rings. The molecule has 0 saturated carbocycles. The Morgan fingerprint density at radius 3 is 2.57 bits per heavy atom. The van der Waals surface area contributed by atoms with Gasteiger partial charge in [-0.25, -0.2) is 9.18 Å². The summed E-state index contributed by atoms with van der Waals surface area (Å²) in [6.45, 7) is 7.54. The summed E-state index contributed by atoms with van der Waals surface area (Å²) >= 11 is 0. The van der Waals surface area contributed by atoms with Gasteiger partial charge in [0.2, 0.25) is 0 Å². The first kappa shape index (κ1) is 32.4. The number of nitrogens with zero attached hydrogens (tertiary/aromatic N) is 4. The number of aliphatic imine (C=N–C) groups is 1. The van der Waals surface area contributed by atoms with Gasteiger partial charge in [-0.05, 0) is 82.5 Å². The van der Waals surface area contributed by atoms with Crippen molar-refractivity contribution in [2.75, 3.05) is 37.7 Å². The van der Waals surface area contributed by atoms with Gasteiger partial charge >= 0.3 is 5.97 Å². The second kappa shape index (κ2) is 14.8. The zero-order valence-electron chi connectivity index (χ0n) is 25.3. The van der Waals surface area contributed by atoms with Crippen molar-refractivity contribution in [2.24, 2.45) is 4.99 Å². The number of dihydropyridines is 1. The number of anilines is 1. The van der Waals surface area contributed by atoms with Crippen LogP contribution in [-0.2, 0) is 20.9 Å². The van der Waals surface area contributed by atoms with Gasteiger partial charge in [0, 0.05) is 60.8 Å². The lowest BCUT2D eigenvalue weighted by Crippen LogP contribution is -2.48. The Morgan fingerprint density at radius 2 is 1.91 bits per heavy atom. The lowest BCUT2D eigenvalue weighted by Gasteiger charge is -2.42. The van der Waals surface area contributed by atoms with E-state index in [1.54, 1.807) is 32.0 Å². The number of halogens is 1. The van der Waals surface area contributed by atoms with Gasteiger partial charge in [-0.3, -0.25) is 14.6 Å². The number of nitriles is 1. The van der Waals surface area contributed by atoms with E-state index < -0.39 is 12.6 Å². The number of piperidine rings is 1. The molecule has 232 valence electrons. The Balaban J connectivity index is 1.39. The second-order valence-electron chi connectivity index (χ2n) is 11.2. The number of likely N-dealkylation sites (tertiary alicyclic amines) is 1. The number of benzene rings is 2. The maximum absolute atomic E-state index is 14.8. The predicted octanol–water partition coefficient (Wildman–Crippen LogP) is 3.89. The van der Waals surface area contributed by atoms with Crippen LogP contribution in [0.2, 0.25) is 0 Å². The van der Waals surface area contributed by atoms with Crippen LogP contribution in [0.15, 0.2) is 58.6 Å². The third-order valence-corrected chi connectivity index (χ3v) is 8.30. The number of rotatable bonds is 12. The minimum absolute atomic E-state index is 0.0899. The summed E-state index contributed by atoms with van der Waals surface area (Å²) in [5.41, 5.74) is 3.06. The molecule has 0 bridgehead atoms. The number of carbonyl (C=O) groups is 3. The molecule has 44 heavy (non-hydrogen) atoms. The van der Waals surface area contributed by atoms with Crippen LogP contribution < -0.4 is 15.0 Å². The Hall–Kier alpha value is -4.56. The van der Waals surface area contributed by atoms with E-state index in [2.05, 4.69) is 33.1 Å². The molecule has 0 unspecified atom stereocenters. The van der Waals surface area contributed by atoms with Gasteiger partial charge in [0.05, 0.1) is 17.2 Å². The minimum Gasteiger partial charge on any atom is -0.482 e. The van der Waals surface area contributed by atoms with Crippen LogP contribution >= 0.6 is 0 Å². The zero-order chi connectivity index (χ0) is 31.8. The Bertz CT molecular complexity index is 1490. The average Bonchev–Trinajstić information content (AvgIpc) is 3.02. The van der Waals surface area contributed by atoms with Crippen molar-refractivity contribution in [2.45, 2.75) is 58.7 Å². The monoisotopic (exact) mass is 603 g/mol. The van der Waals surface area contributed by atoms with Crippen LogP contribution in [0.5, 0.6) is 5.75 Å². The number of amides is 1. The van der Waals surface area contributed by atoms with Crippen molar-refractivity contribution >= 4 is 29.1 Å². The predicted molar refractivity (Wildman–Crippen MR) is 164 cm³/mol. The fourth-order valence-electron chi connectivity index (χ4n) is 5.70. The lowest BCUT2D eigenvalue weighted by atomic mass is 9.98. The van der Waals surface area contributed by atoms with Crippen molar-refractivity contribution in [3.05, 3.63) is 70.6 Å². The van der Waals surface area contributed by atoms with E-state index in [1.807, 2.05) is 12.1 Å². The number of carbonyl (C=O) groups excluding carboxylic acids is 2. The molecule has 2 N–H and O–H groups in total. The maximum atomic E-state index is 14.8. The highest BCUT2D eigenvalue weighted by atomic mass is 19.1. The number of carboxylic acid groups (broad SMARTS) is 1. The molecule has 1 fully saturated rings. The van der Waals surface area contributed by atoms with Crippen molar-refractivity contribution in [3.8, 4) is 11.8 Å².